The predicted molar refractivity (Wildman–Crippen MR) is 87.1 cm³/mol. The lowest BCUT2D eigenvalue weighted by Crippen LogP contribution is -3.13. The highest BCUT2D eigenvalue weighted by Gasteiger charge is 2.16. The third-order valence-electron chi connectivity index (χ3n) is 4.11. The van der Waals surface area contributed by atoms with Gasteiger partial charge in [0.2, 0.25) is 0 Å². The summed E-state index contributed by atoms with van der Waals surface area (Å²) in [6, 6.07) is 7.04. The SMILES string of the molecule is CNC(=O)c1cccc(NC(=O)C[NH+]2CCCCCCC2)c1. The topological polar surface area (TPSA) is 62.6 Å². The molecule has 2 amide bonds. The molecular formula is C17H26N3O2+. The second kappa shape index (κ2) is 8.54. The van der Waals surface area contributed by atoms with E-state index in [9.17, 15) is 9.59 Å². The first-order chi connectivity index (χ1) is 10.7. The number of nitrogens with one attached hydrogen (secondary N) is 3. The summed E-state index contributed by atoms with van der Waals surface area (Å²) in [5.41, 5.74) is 1.23. The second-order valence-corrected chi connectivity index (χ2v) is 5.90. The van der Waals surface area contributed by atoms with Crippen LogP contribution in [0.25, 0.3) is 0 Å². The van der Waals surface area contributed by atoms with Gasteiger partial charge in [-0.25, -0.2) is 0 Å². The van der Waals surface area contributed by atoms with E-state index in [2.05, 4.69) is 10.6 Å². The zero-order valence-electron chi connectivity index (χ0n) is 13.3. The number of benzene rings is 1. The summed E-state index contributed by atoms with van der Waals surface area (Å²) in [4.78, 5) is 25.2. The van der Waals surface area contributed by atoms with Gasteiger partial charge in [-0.15, -0.1) is 0 Å². The van der Waals surface area contributed by atoms with E-state index in [-0.39, 0.29) is 11.8 Å². The molecule has 1 saturated heterocycles. The van der Waals surface area contributed by atoms with Gasteiger partial charge in [0, 0.05) is 18.3 Å². The van der Waals surface area contributed by atoms with Gasteiger partial charge in [0.1, 0.15) is 0 Å². The Morgan fingerprint density at radius 1 is 1.09 bits per heavy atom. The van der Waals surface area contributed by atoms with Crippen molar-refractivity contribution in [3.8, 4) is 0 Å². The molecule has 22 heavy (non-hydrogen) atoms. The van der Waals surface area contributed by atoms with Crippen molar-refractivity contribution in [1.29, 1.82) is 0 Å². The summed E-state index contributed by atoms with van der Waals surface area (Å²) in [5.74, 6) is -0.130. The molecule has 5 nitrogen and oxygen atoms in total. The molecular weight excluding hydrogens is 278 g/mol. The summed E-state index contributed by atoms with van der Waals surface area (Å²) in [7, 11) is 1.60. The smallest absolute Gasteiger partial charge is 0.279 e. The first-order valence-corrected chi connectivity index (χ1v) is 8.14. The van der Waals surface area contributed by atoms with Gasteiger partial charge in [-0.3, -0.25) is 9.59 Å². The zero-order chi connectivity index (χ0) is 15.8. The van der Waals surface area contributed by atoms with E-state index in [1.165, 1.54) is 37.0 Å². The normalized spacial score (nSPS) is 16.4. The van der Waals surface area contributed by atoms with Crippen molar-refractivity contribution >= 4 is 17.5 Å². The van der Waals surface area contributed by atoms with Crippen molar-refractivity contribution in [2.75, 3.05) is 32.0 Å². The number of anilines is 1. The number of hydrogen-bond acceptors (Lipinski definition) is 2. The van der Waals surface area contributed by atoms with Crippen LogP contribution in [0.1, 0.15) is 42.5 Å². The van der Waals surface area contributed by atoms with E-state index in [1.54, 1.807) is 25.2 Å². The Morgan fingerprint density at radius 2 is 1.77 bits per heavy atom. The molecule has 0 saturated carbocycles. The van der Waals surface area contributed by atoms with E-state index in [1.807, 2.05) is 6.07 Å². The lowest BCUT2D eigenvalue weighted by molar-refractivity contribution is -0.892. The molecule has 2 rings (SSSR count). The van der Waals surface area contributed by atoms with E-state index >= 15 is 0 Å². The number of hydrogen-bond donors (Lipinski definition) is 3. The van der Waals surface area contributed by atoms with E-state index in [4.69, 9.17) is 0 Å². The maximum absolute atomic E-state index is 12.2. The maximum Gasteiger partial charge on any atom is 0.279 e. The summed E-state index contributed by atoms with van der Waals surface area (Å²) in [6.45, 7) is 2.65. The standard InChI is InChI=1S/C17H25N3O2/c1-18-17(22)14-8-7-9-15(12-14)19-16(21)13-20-10-5-3-2-4-6-11-20/h7-9,12H,2-6,10-11,13H2,1H3,(H,18,22)(H,19,21)/p+1. The Hall–Kier alpha value is -1.88. The molecule has 5 heteroatoms. The van der Waals surface area contributed by atoms with Gasteiger partial charge in [-0.1, -0.05) is 12.5 Å². The third kappa shape index (κ3) is 5.15. The Kier molecular flexibility index (Phi) is 6.40. The van der Waals surface area contributed by atoms with Crippen LogP contribution in [0.3, 0.4) is 0 Å². The number of carbonyl (C=O) groups is 2. The Labute approximate surface area is 132 Å². The molecule has 0 radical (unpaired) electrons. The van der Waals surface area contributed by atoms with Crippen LogP contribution < -0.4 is 15.5 Å². The molecule has 1 aliphatic heterocycles. The molecule has 0 bridgehead atoms. The third-order valence-corrected chi connectivity index (χ3v) is 4.11. The van der Waals surface area contributed by atoms with Crippen molar-refractivity contribution in [2.45, 2.75) is 32.1 Å². The van der Waals surface area contributed by atoms with Gasteiger partial charge >= 0.3 is 0 Å². The fourth-order valence-corrected chi connectivity index (χ4v) is 2.90. The molecule has 3 N–H and O–H groups in total. The minimum atomic E-state index is -0.148. The van der Waals surface area contributed by atoms with Crippen molar-refractivity contribution in [2.24, 2.45) is 0 Å². The molecule has 120 valence electrons. The fraction of sp³-hybridized carbons (Fsp3) is 0.529. The van der Waals surface area contributed by atoms with Gasteiger partial charge < -0.3 is 15.5 Å². The number of rotatable bonds is 4. The summed E-state index contributed by atoms with van der Waals surface area (Å²) >= 11 is 0. The molecule has 0 aromatic heterocycles. The van der Waals surface area contributed by atoms with Crippen molar-refractivity contribution in [1.82, 2.24) is 5.32 Å². The Morgan fingerprint density at radius 3 is 2.45 bits per heavy atom. The highest BCUT2D eigenvalue weighted by Crippen LogP contribution is 2.10. The van der Waals surface area contributed by atoms with Gasteiger partial charge in [-0.05, 0) is 43.9 Å². The fourth-order valence-electron chi connectivity index (χ4n) is 2.90. The van der Waals surface area contributed by atoms with E-state index in [0.29, 0.717) is 17.8 Å². The van der Waals surface area contributed by atoms with Crippen LogP contribution in [-0.4, -0.2) is 38.5 Å². The largest absolute Gasteiger partial charge is 0.355 e. The monoisotopic (exact) mass is 304 g/mol. The zero-order valence-corrected chi connectivity index (χ0v) is 13.3. The minimum Gasteiger partial charge on any atom is -0.355 e. The quantitative estimate of drug-likeness (QED) is 0.772. The molecule has 0 atom stereocenters. The van der Waals surface area contributed by atoms with Gasteiger partial charge in [-0.2, -0.15) is 0 Å². The minimum absolute atomic E-state index is 0.0182. The van der Waals surface area contributed by atoms with Gasteiger partial charge in [0.25, 0.3) is 11.8 Å². The molecule has 1 heterocycles. The second-order valence-electron chi connectivity index (χ2n) is 5.90. The molecule has 0 spiro atoms. The lowest BCUT2D eigenvalue weighted by Gasteiger charge is -2.21. The average Bonchev–Trinajstić information content (AvgIpc) is 2.49. The number of quaternary nitrogens is 1. The van der Waals surface area contributed by atoms with Gasteiger partial charge in [0.15, 0.2) is 6.54 Å². The van der Waals surface area contributed by atoms with Crippen LogP contribution in [-0.2, 0) is 4.79 Å². The summed E-state index contributed by atoms with van der Waals surface area (Å²) in [5, 5.41) is 5.49. The summed E-state index contributed by atoms with van der Waals surface area (Å²) < 4.78 is 0. The van der Waals surface area contributed by atoms with Crippen molar-refractivity contribution < 1.29 is 14.5 Å². The number of carbonyl (C=O) groups excluding carboxylic acids is 2. The first-order valence-electron chi connectivity index (χ1n) is 8.14. The van der Waals surface area contributed by atoms with Gasteiger partial charge in [0.05, 0.1) is 13.1 Å². The number of amides is 2. The lowest BCUT2D eigenvalue weighted by atomic mass is 10.1. The van der Waals surface area contributed by atoms with Crippen LogP contribution in [0.15, 0.2) is 24.3 Å². The maximum atomic E-state index is 12.2. The van der Waals surface area contributed by atoms with Crippen LogP contribution in [0.5, 0.6) is 0 Å². The van der Waals surface area contributed by atoms with E-state index < -0.39 is 0 Å². The van der Waals surface area contributed by atoms with Crippen molar-refractivity contribution in [3.63, 3.8) is 0 Å². The highest BCUT2D eigenvalue weighted by molar-refractivity contribution is 5.97. The van der Waals surface area contributed by atoms with Crippen LogP contribution in [0.4, 0.5) is 5.69 Å². The molecule has 1 aliphatic rings. The Bertz CT molecular complexity index is 508. The number of likely N-dealkylation sites (tertiary alicyclic amines) is 1. The van der Waals surface area contributed by atoms with Crippen LogP contribution in [0.2, 0.25) is 0 Å². The molecule has 1 fully saturated rings. The predicted octanol–water partition coefficient (Wildman–Crippen LogP) is 0.834. The van der Waals surface area contributed by atoms with E-state index in [0.717, 1.165) is 13.1 Å². The van der Waals surface area contributed by atoms with Crippen LogP contribution in [0, 0.1) is 0 Å². The molecule has 0 unspecified atom stereocenters. The molecule has 1 aromatic carbocycles. The summed E-state index contributed by atoms with van der Waals surface area (Å²) in [6.07, 6.45) is 6.29. The molecule has 1 aromatic rings. The Balaban J connectivity index is 1.89. The molecule has 0 aliphatic carbocycles. The first kappa shape index (κ1) is 16.5. The van der Waals surface area contributed by atoms with Crippen LogP contribution >= 0.6 is 0 Å². The highest BCUT2D eigenvalue weighted by atomic mass is 16.2. The van der Waals surface area contributed by atoms with Crippen molar-refractivity contribution in [3.05, 3.63) is 29.8 Å². The average molecular weight is 304 g/mol.